The Bertz CT molecular complexity index is 449. The molecule has 6 heteroatoms. The number of rotatable bonds is 8. The van der Waals surface area contributed by atoms with Crippen molar-refractivity contribution in [1.29, 1.82) is 0 Å². The van der Waals surface area contributed by atoms with E-state index in [1.165, 1.54) is 4.90 Å². The summed E-state index contributed by atoms with van der Waals surface area (Å²) in [7, 11) is 1.74. The number of thiocarbonyl (C=S) groups is 1. The molecule has 2 N–H and O–H groups in total. The van der Waals surface area contributed by atoms with Gasteiger partial charge in [0.2, 0.25) is 5.91 Å². The molecule has 0 aliphatic carbocycles. The first-order valence-corrected chi connectivity index (χ1v) is 7.95. The largest absolute Gasteiger partial charge is 0.493 e. The van der Waals surface area contributed by atoms with E-state index in [0.717, 1.165) is 5.75 Å². The number of thioether (sulfide) groups is 1. The van der Waals surface area contributed by atoms with E-state index in [4.69, 9.17) is 22.7 Å². The molecule has 0 fully saturated rings. The van der Waals surface area contributed by atoms with Crippen molar-refractivity contribution in [3.8, 4) is 5.75 Å². The van der Waals surface area contributed by atoms with Crippen LogP contribution in [0.25, 0.3) is 0 Å². The zero-order valence-electron chi connectivity index (χ0n) is 11.8. The fourth-order valence-electron chi connectivity index (χ4n) is 1.52. The maximum atomic E-state index is 11.8. The second-order valence-corrected chi connectivity index (χ2v) is 5.71. The van der Waals surface area contributed by atoms with Crippen LogP contribution in [0.3, 0.4) is 0 Å². The van der Waals surface area contributed by atoms with Gasteiger partial charge >= 0.3 is 0 Å². The van der Waals surface area contributed by atoms with Crippen LogP contribution in [-0.2, 0) is 4.79 Å². The molecule has 0 bridgehead atoms. The van der Waals surface area contributed by atoms with E-state index in [0.29, 0.717) is 31.0 Å². The summed E-state index contributed by atoms with van der Waals surface area (Å²) in [5.41, 5.74) is 5.41. The Labute approximate surface area is 129 Å². The molecule has 0 aliphatic rings. The monoisotopic (exact) mass is 312 g/mol. The fraction of sp³-hybridized carbons (Fsp3) is 0.429. The van der Waals surface area contributed by atoms with Crippen LogP contribution in [0.5, 0.6) is 5.75 Å². The van der Waals surface area contributed by atoms with Crippen molar-refractivity contribution in [2.75, 3.05) is 26.5 Å². The molecule has 0 saturated heterocycles. The van der Waals surface area contributed by atoms with Crippen molar-refractivity contribution >= 4 is 34.9 Å². The smallest absolute Gasteiger partial charge is 0.225 e. The van der Waals surface area contributed by atoms with E-state index >= 15 is 0 Å². The number of nitrogens with two attached hydrogens (primary N) is 1. The third-order valence-electron chi connectivity index (χ3n) is 2.76. The molecule has 1 rings (SSSR count). The lowest BCUT2D eigenvalue weighted by molar-refractivity contribution is -0.130. The van der Waals surface area contributed by atoms with Gasteiger partial charge in [-0.3, -0.25) is 4.79 Å². The number of carbonyl (C=O) groups excluding carboxylic acids is 1. The molecule has 0 spiro atoms. The lowest BCUT2D eigenvalue weighted by Gasteiger charge is -2.16. The van der Waals surface area contributed by atoms with Gasteiger partial charge in [0, 0.05) is 24.9 Å². The Morgan fingerprint density at radius 1 is 1.35 bits per heavy atom. The Balaban J connectivity index is 2.28. The second-order valence-electron chi connectivity index (χ2n) is 4.31. The summed E-state index contributed by atoms with van der Waals surface area (Å²) in [5, 5.41) is 0. The molecule has 1 amide bonds. The third kappa shape index (κ3) is 6.25. The van der Waals surface area contributed by atoms with Gasteiger partial charge < -0.3 is 15.4 Å². The average molecular weight is 312 g/mol. The van der Waals surface area contributed by atoms with Crippen LogP contribution >= 0.6 is 24.0 Å². The van der Waals surface area contributed by atoms with Gasteiger partial charge in [-0.25, -0.2) is 0 Å². The summed E-state index contributed by atoms with van der Waals surface area (Å²) < 4.78 is 5.54. The van der Waals surface area contributed by atoms with E-state index in [1.54, 1.807) is 23.7 Å². The predicted molar refractivity (Wildman–Crippen MR) is 87.4 cm³/mol. The van der Waals surface area contributed by atoms with Crippen LogP contribution < -0.4 is 10.5 Å². The minimum Gasteiger partial charge on any atom is -0.493 e. The van der Waals surface area contributed by atoms with Crippen molar-refractivity contribution in [1.82, 2.24) is 4.90 Å². The van der Waals surface area contributed by atoms with Gasteiger partial charge in [0.05, 0.1) is 18.0 Å². The summed E-state index contributed by atoms with van der Waals surface area (Å²) in [6.45, 7) is 0.922. The Morgan fingerprint density at radius 3 is 2.55 bits per heavy atom. The molecule has 20 heavy (non-hydrogen) atoms. The Morgan fingerprint density at radius 2 is 2.00 bits per heavy atom. The number of hydrogen-bond acceptors (Lipinski definition) is 4. The first kappa shape index (κ1) is 16.8. The van der Waals surface area contributed by atoms with Crippen LogP contribution in [0, 0.1) is 0 Å². The maximum absolute atomic E-state index is 11.8. The molecule has 4 nitrogen and oxygen atoms in total. The second kappa shape index (κ2) is 8.81. The van der Waals surface area contributed by atoms with Gasteiger partial charge in [0.25, 0.3) is 0 Å². The lowest BCUT2D eigenvalue weighted by Crippen LogP contribution is -2.30. The van der Waals surface area contributed by atoms with Crippen LogP contribution in [0.2, 0.25) is 0 Å². The van der Waals surface area contributed by atoms with Crippen LogP contribution in [0.4, 0.5) is 0 Å². The van der Waals surface area contributed by atoms with Crippen molar-refractivity contribution < 1.29 is 9.53 Å². The molecule has 0 unspecified atom stereocenters. The SMILES string of the molecule is CSc1ccc(OCCC(=O)N(C)CCC(N)=S)cc1. The predicted octanol–water partition coefficient (Wildman–Crippen LogP) is 2.31. The van der Waals surface area contributed by atoms with Crippen molar-refractivity contribution in [2.24, 2.45) is 5.73 Å². The summed E-state index contributed by atoms with van der Waals surface area (Å²) in [5.74, 6) is 0.809. The van der Waals surface area contributed by atoms with Gasteiger partial charge in [-0.15, -0.1) is 11.8 Å². The van der Waals surface area contributed by atoms with Crippen molar-refractivity contribution in [3.63, 3.8) is 0 Å². The van der Waals surface area contributed by atoms with Crippen molar-refractivity contribution in [3.05, 3.63) is 24.3 Å². The zero-order valence-corrected chi connectivity index (χ0v) is 13.4. The molecular formula is C14H20N2O2S2. The molecule has 1 aromatic carbocycles. The summed E-state index contributed by atoms with van der Waals surface area (Å²) in [6.07, 6.45) is 2.92. The maximum Gasteiger partial charge on any atom is 0.225 e. The topological polar surface area (TPSA) is 55.6 Å². The summed E-state index contributed by atoms with van der Waals surface area (Å²) >= 11 is 6.47. The zero-order chi connectivity index (χ0) is 15.0. The Kier molecular flexibility index (Phi) is 7.40. The number of hydrogen-bond donors (Lipinski definition) is 1. The molecule has 0 saturated carbocycles. The minimum absolute atomic E-state index is 0.0296. The van der Waals surface area contributed by atoms with Gasteiger partial charge in [-0.1, -0.05) is 12.2 Å². The molecule has 0 atom stereocenters. The highest BCUT2D eigenvalue weighted by Gasteiger charge is 2.08. The molecular weight excluding hydrogens is 292 g/mol. The molecule has 1 aromatic rings. The molecule has 0 aromatic heterocycles. The first-order chi connectivity index (χ1) is 9.52. The standard InChI is InChI=1S/C14H20N2O2S2/c1-16(9-7-13(15)19)14(17)8-10-18-11-3-5-12(20-2)6-4-11/h3-6H,7-10H2,1-2H3,(H2,15,19). The highest BCUT2D eigenvalue weighted by Crippen LogP contribution is 2.18. The quantitative estimate of drug-likeness (QED) is 0.590. The van der Waals surface area contributed by atoms with Crippen LogP contribution in [0.15, 0.2) is 29.2 Å². The number of nitrogens with zero attached hydrogens (tertiary/aromatic N) is 1. The van der Waals surface area contributed by atoms with E-state index in [2.05, 4.69) is 0 Å². The van der Waals surface area contributed by atoms with Gasteiger partial charge in [0.15, 0.2) is 0 Å². The van der Waals surface area contributed by atoms with Crippen LogP contribution in [-0.4, -0.2) is 42.3 Å². The third-order valence-corrected chi connectivity index (χ3v) is 3.71. The molecule has 0 heterocycles. The average Bonchev–Trinajstić information content (AvgIpc) is 2.45. The van der Waals surface area contributed by atoms with Crippen LogP contribution in [0.1, 0.15) is 12.8 Å². The van der Waals surface area contributed by atoms with Gasteiger partial charge in [0.1, 0.15) is 5.75 Å². The summed E-state index contributed by atoms with van der Waals surface area (Å²) in [6, 6.07) is 7.81. The highest BCUT2D eigenvalue weighted by molar-refractivity contribution is 7.98. The normalized spacial score (nSPS) is 10.1. The fourth-order valence-corrected chi connectivity index (χ4v) is 2.02. The Hall–Kier alpha value is -1.27. The van der Waals surface area contributed by atoms with E-state index in [-0.39, 0.29) is 5.91 Å². The van der Waals surface area contributed by atoms with Gasteiger partial charge in [-0.05, 0) is 30.5 Å². The molecule has 0 aliphatic heterocycles. The number of benzene rings is 1. The number of amides is 1. The lowest BCUT2D eigenvalue weighted by atomic mass is 10.3. The minimum atomic E-state index is 0.0296. The summed E-state index contributed by atoms with van der Waals surface area (Å²) in [4.78, 5) is 15.0. The number of ether oxygens (including phenoxy) is 1. The van der Waals surface area contributed by atoms with Crippen molar-refractivity contribution in [2.45, 2.75) is 17.7 Å². The molecule has 0 radical (unpaired) electrons. The van der Waals surface area contributed by atoms with Gasteiger partial charge in [-0.2, -0.15) is 0 Å². The first-order valence-electron chi connectivity index (χ1n) is 6.32. The van der Waals surface area contributed by atoms with E-state index in [9.17, 15) is 4.79 Å². The highest BCUT2D eigenvalue weighted by atomic mass is 32.2. The van der Waals surface area contributed by atoms with E-state index < -0.39 is 0 Å². The number of carbonyl (C=O) groups is 1. The molecule has 110 valence electrons. The van der Waals surface area contributed by atoms with E-state index in [1.807, 2.05) is 30.5 Å².